The molecule has 1 aliphatic heterocycles. The van der Waals surface area contributed by atoms with Gasteiger partial charge in [-0.2, -0.15) is 0 Å². The Balaban J connectivity index is 1.84. The Labute approximate surface area is 215 Å². The molecule has 36 heavy (non-hydrogen) atoms. The van der Waals surface area contributed by atoms with Crippen LogP contribution >= 0.6 is 15.9 Å². The summed E-state index contributed by atoms with van der Waals surface area (Å²) < 4.78 is 33.1. The van der Waals surface area contributed by atoms with E-state index in [1.807, 2.05) is 24.3 Å². The number of halogens is 2. The molecule has 0 spiro atoms. The molecule has 5 rings (SSSR count). The third kappa shape index (κ3) is 3.48. The summed E-state index contributed by atoms with van der Waals surface area (Å²) in [5.41, 5.74) is -1.76. The molecule has 3 aromatic rings. The topological polar surface area (TPSA) is 97.2 Å². The fourth-order valence-corrected chi connectivity index (χ4v) is 6.02. The van der Waals surface area contributed by atoms with E-state index in [0.29, 0.717) is 33.9 Å². The number of aliphatic hydroxyl groups is 2. The number of methoxy groups -OCH3 is 2. The molecule has 0 aromatic heterocycles. The normalized spacial score (nSPS) is 26.1. The van der Waals surface area contributed by atoms with Gasteiger partial charge in [0.25, 0.3) is 0 Å². The van der Waals surface area contributed by atoms with E-state index in [9.17, 15) is 19.4 Å². The second-order valence-corrected chi connectivity index (χ2v) is 9.85. The van der Waals surface area contributed by atoms with Crippen LogP contribution in [-0.2, 0) is 16.0 Å². The standard InChI is InChI=1S/C27H25BrFNO6/c1-34-19-11-21(35-2)25-22(12-19)36-27(16-6-8-17(28)9-7-16)20(15-4-3-5-18(29)10-15)13-23(26(25,27)33)30-24(32)14-31/h3-12,20,23,31,33H,13-14H2,1-2H3,(H,30,32)/t20-,23-,26+,27-/m0/s1. The number of benzene rings is 3. The molecule has 4 atom stereocenters. The van der Waals surface area contributed by atoms with Gasteiger partial charge in [0.15, 0.2) is 11.2 Å². The second-order valence-electron chi connectivity index (χ2n) is 8.94. The molecular weight excluding hydrogens is 533 g/mol. The molecule has 1 heterocycles. The molecule has 0 radical (unpaired) electrons. The van der Waals surface area contributed by atoms with E-state index in [2.05, 4.69) is 21.2 Å². The molecule has 9 heteroatoms. The van der Waals surface area contributed by atoms with Gasteiger partial charge in [0.2, 0.25) is 5.91 Å². The molecule has 2 aliphatic rings. The summed E-state index contributed by atoms with van der Waals surface area (Å²) in [6, 6.07) is 15.8. The summed E-state index contributed by atoms with van der Waals surface area (Å²) in [7, 11) is 2.98. The van der Waals surface area contributed by atoms with E-state index < -0.39 is 41.5 Å². The molecule has 0 saturated heterocycles. The summed E-state index contributed by atoms with van der Waals surface area (Å²) in [6.45, 7) is -0.754. The minimum absolute atomic E-state index is 0.205. The van der Waals surface area contributed by atoms with E-state index in [1.54, 1.807) is 24.3 Å². The lowest BCUT2D eigenvalue weighted by Crippen LogP contribution is -2.56. The third-order valence-corrected chi connectivity index (χ3v) is 7.71. The first kappa shape index (κ1) is 24.5. The van der Waals surface area contributed by atoms with Gasteiger partial charge in [-0.3, -0.25) is 4.79 Å². The summed E-state index contributed by atoms with van der Waals surface area (Å²) in [5, 5.41) is 25.1. The van der Waals surface area contributed by atoms with Crippen molar-refractivity contribution < 1.29 is 33.6 Å². The molecule has 3 N–H and O–H groups in total. The molecule has 7 nitrogen and oxygen atoms in total. The molecule has 3 aromatic carbocycles. The van der Waals surface area contributed by atoms with Crippen LogP contribution in [-0.4, -0.2) is 43.0 Å². The van der Waals surface area contributed by atoms with Gasteiger partial charge in [0.1, 0.15) is 29.7 Å². The zero-order valence-electron chi connectivity index (χ0n) is 19.6. The van der Waals surface area contributed by atoms with E-state index in [-0.39, 0.29) is 6.42 Å². The highest BCUT2D eigenvalue weighted by Gasteiger charge is 2.74. The summed E-state index contributed by atoms with van der Waals surface area (Å²) in [6.07, 6.45) is 0.205. The number of ether oxygens (including phenoxy) is 3. The van der Waals surface area contributed by atoms with Crippen molar-refractivity contribution in [1.82, 2.24) is 5.32 Å². The van der Waals surface area contributed by atoms with Crippen molar-refractivity contribution in [3.05, 3.63) is 87.6 Å². The molecule has 1 aliphatic carbocycles. The highest BCUT2D eigenvalue weighted by molar-refractivity contribution is 9.10. The Morgan fingerprint density at radius 3 is 2.56 bits per heavy atom. The van der Waals surface area contributed by atoms with Crippen molar-refractivity contribution in [3.63, 3.8) is 0 Å². The minimum atomic E-state index is -1.85. The predicted octanol–water partition coefficient (Wildman–Crippen LogP) is 3.75. The van der Waals surface area contributed by atoms with Gasteiger partial charge in [0, 0.05) is 22.5 Å². The molecule has 1 fully saturated rings. The van der Waals surface area contributed by atoms with E-state index >= 15 is 0 Å². The fraction of sp³-hybridized carbons (Fsp3) is 0.296. The Kier molecular flexibility index (Phi) is 6.18. The Bertz CT molecular complexity index is 1320. The Hall–Kier alpha value is -3.14. The molecule has 1 amide bonds. The molecule has 0 unspecified atom stereocenters. The first-order chi connectivity index (χ1) is 17.3. The monoisotopic (exact) mass is 557 g/mol. The van der Waals surface area contributed by atoms with Gasteiger partial charge in [-0.25, -0.2) is 4.39 Å². The molecule has 1 saturated carbocycles. The molecular formula is C27H25BrFNO6. The van der Waals surface area contributed by atoms with Crippen molar-refractivity contribution in [3.8, 4) is 17.2 Å². The van der Waals surface area contributed by atoms with Gasteiger partial charge in [-0.05, 0) is 41.8 Å². The number of fused-ring (bicyclic) bond motifs is 3. The SMILES string of the molecule is COc1cc(OC)c2c(c1)O[C@@]1(c3ccc(Br)cc3)[C@H](c3cccc(F)c3)C[C@H](NC(=O)CO)[C@@]21O. The van der Waals surface area contributed by atoms with Crippen LogP contribution in [0.5, 0.6) is 17.2 Å². The highest BCUT2D eigenvalue weighted by Crippen LogP contribution is 2.68. The van der Waals surface area contributed by atoms with Crippen molar-refractivity contribution in [2.75, 3.05) is 20.8 Å². The number of carbonyl (C=O) groups excluding carboxylic acids is 1. The van der Waals surface area contributed by atoms with Crippen molar-refractivity contribution in [2.24, 2.45) is 0 Å². The number of carbonyl (C=O) groups is 1. The smallest absolute Gasteiger partial charge is 0.246 e. The lowest BCUT2D eigenvalue weighted by Gasteiger charge is -2.41. The maximum atomic E-state index is 14.4. The number of nitrogens with one attached hydrogen (secondary N) is 1. The van der Waals surface area contributed by atoms with Crippen LogP contribution in [0.2, 0.25) is 0 Å². The second kappa shape index (κ2) is 9.06. The zero-order valence-corrected chi connectivity index (χ0v) is 21.2. The number of aliphatic hydroxyl groups excluding tert-OH is 1. The maximum Gasteiger partial charge on any atom is 0.246 e. The number of rotatable bonds is 6. The van der Waals surface area contributed by atoms with Gasteiger partial charge >= 0.3 is 0 Å². The predicted molar refractivity (Wildman–Crippen MR) is 133 cm³/mol. The van der Waals surface area contributed by atoms with Gasteiger partial charge in [-0.15, -0.1) is 0 Å². The maximum absolute atomic E-state index is 14.4. The van der Waals surface area contributed by atoms with Crippen LogP contribution < -0.4 is 19.5 Å². The Morgan fingerprint density at radius 2 is 1.92 bits per heavy atom. The number of hydrogen-bond donors (Lipinski definition) is 3. The minimum Gasteiger partial charge on any atom is -0.496 e. The van der Waals surface area contributed by atoms with Crippen LogP contribution in [0, 0.1) is 5.82 Å². The van der Waals surface area contributed by atoms with Crippen molar-refractivity contribution >= 4 is 21.8 Å². The van der Waals surface area contributed by atoms with Crippen LogP contribution in [0.25, 0.3) is 0 Å². The summed E-state index contributed by atoms with van der Waals surface area (Å²) in [5.74, 6) is -0.585. The lowest BCUT2D eigenvalue weighted by atomic mass is 9.71. The van der Waals surface area contributed by atoms with Crippen molar-refractivity contribution in [1.29, 1.82) is 0 Å². The fourth-order valence-electron chi connectivity index (χ4n) is 5.75. The van der Waals surface area contributed by atoms with Crippen LogP contribution in [0.1, 0.15) is 29.0 Å². The van der Waals surface area contributed by atoms with Crippen LogP contribution in [0.3, 0.4) is 0 Å². The molecule has 188 valence electrons. The third-order valence-electron chi connectivity index (χ3n) is 7.18. The van der Waals surface area contributed by atoms with Crippen LogP contribution in [0.4, 0.5) is 4.39 Å². The van der Waals surface area contributed by atoms with Gasteiger partial charge < -0.3 is 29.7 Å². The largest absolute Gasteiger partial charge is 0.496 e. The Morgan fingerprint density at radius 1 is 1.17 bits per heavy atom. The van der Waals surface area contributed by atoms with E-state index in [0.717, 1.165) is 4.47 Å². The quantitative estimate of drug-likeness (QED) is 0.427. The average molecular weight is 558 g/mol. The first-order valence-electron chi connectivity index (χ1n) is 11.4. The summed E-state index contributed by atoms with van der Waals surface area (Å²) in [4.78, 5) is 12.4. The van der Waals surface area contributed by atoms with E-state index in [1.165, 1.54) is 26.4 Å². The zero-order chi connectivity index (χ0) is 25.7. The summed E-state index contributed by atoms with van der Waals surface area (Å²) >= 11 is 3.46. The van der Waals surface area contributed by atoms with Crippen LogP contribution in [0.15, 0.2) is 65.1 Å². The number of hydrogen-bond acceptors (Lipinski definition) is 6. The van der Waals surface area contributed by atoms with Gasteiger partial charge in [0.05, 0.1) is 25.8 Å². The van der Waals surface area contributed by atoms with Crippen molar-refractivity contribution in [2.45, 2.75) is 29.6 Å². The molecule has 0 bridgehead atoms. The average Bonchev–Trinajstić information content (AvgIpc) is 3.29. The first-order valence-corrected chi connectivity index (χ1v) is 12.2. The lowest BCUT2D eigenvalue weighted by molar-refractivity contribution is -0.135. The number of amides is 1. The highest BCUT2D eigenvalue weighted by atomic mass is 79.9. The van der Waals surface area contributed by atoms with E-state index in [4.69, 9.17) is 14.2 Å². The van der Waals surface area contributed by atoms with Gasteiger partial charge in [-0.1, -0.05) is 40.2 Å².